The Labute approximate surface area is 166 Å². The molecule has 2 rings (SSSR count). The van der Waals surface area contributed by atoms with Gasteiger partial charge in [-0.05, 0) is 61.9 Å². The average molecular weight is 434 g/mol. The molecule has 0 saturated heterocycles. The minimum Gasteiger partial charge on any atom is -0.493 e. The fraction of sp³-hybridized carbons (Fsp3) is 0.250. The monoisotopic (exact) mass is 433 g/mol. The first-order chi connectivity index (χ1) is 12.8. The Morgan fingerprint density at radius 3 is 2.41 bits per heavy atom. The molecule has 0 atom stereocenters. The van der Waals surface area contributed by atoms with Gasteiger partial charge in [0.15, 0.2) is 12.4 Å². The van der Waals surface area contributed by atoms with Crippen molar-refractivity contribution in [2.75, 3.05) is 18.5 Å². The first kappa shape index (κ1) is 20.6. The number of aryl methyl sites for hydroxylation is 1. The normalized spacial score (nSPS) is 10.2. The molecule has 2 aromatic carbocycles. The van der Waals surface area contributed by atoms with Crippen molar-refractivity contribution in [1.82, 2.24) is 0 Å². The number of benzene rings is 2. The molecule has 0 aromatic heterocycles. The summed E-state index contributed by atoms with van der Waals surface area (Å²) in [6, 6.07) is 12.0. The molecule has 0 fully saturated rings. The highest BCUT2D eigenvalue weighted by Crippen LogP contribution is 2.20. The Morgan fingerprint density at radius 2 is 1.78 bits per heavy atom. The zero-order valence-corrected chi connectivity index (χ0v) is 16.7. The third-order valence-corrected chi connectivity index (χ3v) is 4.53. The van der Waals surface area contributed by atoms with Crippen LogP contribution in [0.25, 0.3) is 0 Å². The molecule has 0 spiro atoms. The highest BCUT2D eigenvalue weighted by Gasteiger charge is 2.09. The van der Waals surface area contributed by atoms with Gasteiger partial charge in [-0.15, -0.1) is 0 Å². The number of rotatable bonds is 8. The summed E-state index contributed by atoms with van der Waals surface area (Å²) in [6.07, 6.45) is 0.0130. The molecule has 0 aliphatic carbocycles. The van der Waals surface area contributed by atoms with Crippen LogP contribution in [0.3, 0.4) is 0 Å². The fourth-order valence-electron chi connectivity index (χ4n) is 2.18. The van der Waals surface area contributed by atoms with E-state index in [4.69, 9.17) is 9.47 Å². The number of esters is 1. The highest BCUT2D eigenvalue weighted by atomic mass is 79.9. The molecule has 0 bridgehead atoms. The summed E-state index contributed by atoms with van der Waals surface area (Å²) >= 11 is 3.39. The summed E-state index contributed by atoms with van der Waals surface area (Å²) < 4.78 is 11.3. The van der Waals surface area contributed by atoms with Crippen molar-refractivity contribution in [3.63, 3.8) is 0 Å². The second-order valence-electron chi connectivity index (χ2n) is 5.85. The number of hydrogen-bond donors (Lipinski definition) is 1. The van der Waals surface area contributed by atoms with Gasteiger partial charge in [-0.1, -0.05) is 15.9 Å². The van der Waals surface area contributed by atoms with E-state index >= 15 is 0 Å². The largest absolute Gasteiger partial charge is 0.493 e. The lowest BCUT2D eigenvalue weighted by Gasteiger charge is -2.09. The summed E-state index contributed by atoms with van der Waals surface area (Å²) in [7, 11) is 0. The van der Waals surface area contributed by atoms with E-state index in [1.807, 2.05) is 19.1 Å². The summed E-state index contributed by atoms with van der Waals surface area (Å²) in [4.78, 5) is 34.7. The number of ether oxygens (including phenoxy) is 2. The predicted octanol–water partition coefficient (Wildman–Crippen LogP) is 3.91. The summed E-state index contributed by atoms with van der Waals surface area (Å²) in [6.45, 7) is 3.15. The third kappa shape index (κ3) is 6.86. The van der Waals surface area contributed by atoms with Crippen molar-refractivity contribution in [2.24, 2.45) is 0 Å². The number of anilines is 1. The van der Waals surface area contributed by atoms with Crippen LogP contribution in [0.4, 0.5) is 5.69 Å². The summed E-state index contributed by atoms with van der Waals surface area (Å²) in [5, 5.41) is 2.67. The van der Waals surface area contributed by atoms with E-state index in [2.05, 4.69) is 21.2 Å². The van der Waals surface area contributed by atoms with Crippen LogP contribution < -0.4 is 10.1 Å². The topological polar surface area (TPSA) is 81.7 Å². The van der Waals surface area contributed by atoms with Crippen molar-refractivity contribution in [2.45, 2.75) is 20.3 Å². The third-order valence-electron chi connectivity index (χ3n) is 3.64. The van der Waals surface area contributed by atoms with Gasteiger partial charge < -0.3 is 14.8 Å². The van der Waals surface area contributed by atoms with Crippen LogP contribution in [-0.2, 0) is 14.3 Å². The average Bonchev–Trinajstić information content (AvgIpc) is 2.63. The Balaban J connectivity index is 1.68. The second-order valence-corrected chi connectivity index (χ2v) is 6.71. The Morgan fingerprint density at radius 1 is 1.07 bits per heavy atom. The molecule has 0 heterocycles. The molecular weight excluding hydrogens is 414 g/mol. The molecule has 27 heavy (non-hydrogen) atoms. The lowest BCUT2D eigenvalue weighted by atomic mass is 10.1. The van der Waals surface area contributed by atoms with Crippen molar-refractivity contribution in [3.05, 3.63) is 58.1 Å². The molecule has 6 nitrogen and oxygen atoms in total. The van der Waals surface area contributed by atoms with E-state index in [0.717, 1.165) is 10.0 Å². The van der Waals surface area contributed by atoms with E-state index < -0.39 is 11.9 Å². The minimum absolute atomic E-state index is 0.0130. The molecule has 0 saturated carbocycles. The molecule has 2 aromatic rings. The Bertz CT molecular complexity index is 833. The Hall–Kier alpha value is -2.67. The van der Waals surface area contributed by atoms with E-state index in [9.17, 15) is 14.4 Å². The lowest BCUT2D eigenvalue weighted by molar-refractivity contribution is -0.147. The number of hydrogen-bond acceptors (Lipinski definition) is 5. The van der Waals surface area contributed by atoms with Crippen molar-refractivity contribution in [1.29, 1.82) is 0 Å². The SMILES string of the molecule is CC(=O)c1ccc(OCCC(=O)OCC(=O)Nc2ccc(Br)c(C)c2)cc1. The zero-order chi connectivity index (χ0) is 19.8. The van der Waals surface area contributed by atoms with E-state index in [0.29, 0.717) is 17.0 Å². The van der Waals surface area contributed by atoms with Gasteiger partial charge in [-0.25, -0.2) is 0 Å². The van der Waals surface area contributed by atoms with E-state index in [1.54, 1.807) is 30.3 Å². The van der Waals surface area contributed by atoms with Crippen LogP contribution in [-0.4, -0.2) is 30.9 Å². The standard InChI is InChI=1S/C20H20BrNO5/c1-13-11-16(5-8-18(13)21)22-19(24)12-27-20(25)9-10-26-17-6-3-15(4-7-17)14(2)23/h3-8,11H,9-10,12H2,1-2H3,(H,22,24). The lowest BCUT2D eigenvalue weighted by Crippen LogP contribution is -2.21. The first-order valence-corrected chi connectivity index (χ1v) is 9.10. The Kier molecular flexibility index (Phi) is 7.55. The number of Topliss-reactive ketones (excluding diaryl/α,β-unsaturated/α-hetero) is 1. The van der Waals surface area contributed by atoms with Gasteiger partial charge in [0.25, 0.3) is 5.91 Å². The number of carbonyl (C=O) groups excluding carboxylic acids is 3. The smallest absolute Gasteiger partial charge is 0.309 e. The molecule has 0 aliphatic heterocycles. The number of carbonyl (C=O) groups is 3. The van der Waals surface area contributed by atoms with Crippen LogP contribution in [0, 0.1) is 6.92 Å². The zero-order valence-electron chi connectivity index (χ0n) is 15.1. The van der Waals surface area contributed by atoms with Crippen molar-refractivity contribution in [3.8, 4) is 5.75 Å². The number of halogens is 1. The van der Waals surface area contributed by atoms with Gasteiger partial charge in [0.05, 0.1) is 13.0 Å². The predicted molar refractivity (Wildman–Crippen MR) is 105 cm³/mol. The maximum absolute atomic E-state index is 11.8. The first-order valence-electron chi connectivity index (χ1n) is 8.30. The van der Waals surface area contributed by atoms with E-state index in [-0.39, 0.29) is 25.4 Å². The highest BCUT2D eigenvalue weighted by molar-refractivity contribution is 9.10. The van der Waals surface area contributed by atoms with Crippen LogP contribution in [0.5, 0.6) is 5.75 Å². The quantitative estimate of drug-likeness (QED) is 0.503. The van der Waals surface area contributed by atoms with Gasteiger partial charge in [0, 0.05) is 15.7 Å². The summed E-state index contributed by atoms with van der Waals surface area (Å²) in [5.74, 6) is -0.416. The summed E-state index contributed by atoms with van der Waals surface area (Å²) in [5.41, 5.74) is 2.21. The number of nitrogens with one attached hydrogen (secondary N) is 1. The van der Waals surface area contributed by atoms with E-state index in [1.165, 1.54) is 6.92 Å². The molecule has 142 valence electrons. The van der Waals surface area contributed by atoms with Gasteiger partial charge >= 0.3 is 5.97 Å². The van der Waals surface area contributed by atoms with Crippen LogP contribution in [0.15, 0.2) is 46.9 Å². The maximum Gasteiger partial charge on any atom is 0.309 e. The number of amides is 1. The van der Waals surface area contributed by atoms with Crippen LogP contribution in [0.2, 0.25) is 0 Å². The number of ketones is 1. The van der Waals surface area contributed by atoms with Gasteiger partial charge in [0.2, 0.25) is 0 Å². The maximum atomic E-state index is 11.8. The molecule has 0 unspecified atom stereocenters. The molecular formula is C20H20BrNO5. The van der Waals surface area contributed by atoms with Gasteiger partial charge in [-0.2, -0.15) is 0 Å². The molecule has 7 heteroatoms. The van der Waals surface area contributed by atoms with Crippen LogP contribution in [0.1, 0.15) is 29.3 Å². The van der Waals surface area contributed by atoms with Crippen LogP contribution >= 0.6 is 15.9 Å². The minimum atomic E-state index is -0.530. The molecule has 1 N–H and O–H groups in total. The van der Waals surface area contributed by atoms with Crippen molar-refractivity contribution >= 4 is 39.3 Å². The van der Waals surface area contributed by atoms with Gasteiger partial charge in [-0.3, -0.25) is 14.4 Å². The van der Waals surface area contributed by atoms with Gasteiger partial charge in [0.1, 0.15) is 5.75 Å². The molecule has 0 aliphatic rings. The molecule has 1 amide bonds. The molecule has 0 radical (unpaired) electrons. The second kappa shape index (κ2) is 9.87. The van der Waals surface area contributed by atoms with Crippen molar-refractivity contribution < 1.29 is 23.9 Å². The fourth-order valence-corrected chi connectivity index (χ4v) is 2.42.